The van der Waals surface area contributed by atoms with Crippen LogP contribution in [0.25, 0.3) is 11.5 Å². The average molecular weight is 375 g/mol. The first-order chi connectivity index (χ1) is 13.5. The van der Waals surface area contributed by atoms with Gasteiger partial charge in [-0.05, 0) is 56.0 Å². The van der Waals surface area contributed by atoms with Gasteiger partial charge < -0.3 is 9.42 Å². The molecule has 5 heteroatoms. The molecule has 2 heterocycles. The quantitative estimate of drug-likeness (QED) is 0.670. The molecule has 0 saturated carbocycles. The monoisotopic (exact) mass is 375 g/mol. The summed E-state index contributed by atoms with van der Waals surface area (Å²) < 4.78 is 5.48. The largest absolute Gasteiger partial charge is 0.342 e. The van der Waals surface area contributed by atoms with Crippen LogP contribution < -0.4 is 0 Å². The summed E-state index contributed by atoms with van der Waals surface area (Å²) in [5.74, 6) is 1.30. The van der Waals surface area contributed by atoms with E-state index in [1.807, 2.05) is 11.0 Å². The molecule has 144 valence electrons. The molecule has 1 aliphatic rings. The highest BCUT2D eigenvalue weighted by Crippen LogP contribution is 2.29. The Morgan fingerprint density at radius 3 is 2.61 bits per heavy atom. The first kappa shape index (κ1) is 18.4. The van der Waals surface area contributed by atoms with E-state index in [4.69, 9.17) is 4.52 Å². The van der Waals surface area contributed by atoms with Gasteiger partial charge in [-0.2, -0.15) is 4.98 Å². The van der Waals surface area contributed by atoms with Gasteiger partial charge >= 0.3 is 0 Å². The third kappa shape index (κ3) is 3.84. The van der Waals surface area contributed by atoms with Gasteiger partial charge in [0, 0.05) is 31.0 Å². The Morgan fingerprint density at radius 2 is 1.86 bits per heavy atom. The number of carbonyl (C=O) groups is 1. The van der Waals surface area contributed by atoms with Crippen molar-refractivity contribution < 1.29 is 9.32 Å². The van der Waals surface area contributed by atoms with Gasteiger partial charge in [-0.3, -0.25) is 4.79 Å². The maximum absolute atomic E-state index is 12.4. The summed E-state index contributed by atoms with van der Waals surface area (Å²) in [6.07, 6.45) is 1.30. The Kier molecular flexibility index (Phi) is 4.99. The first-order valence-electron chi connectivity index (χ1n) is 9.74. The fourth-order valence-corrected chi connectivity index (χ4v) is 3.57. The van der Waals surface area contributed by atoms with E-state index >= 15 is 0 Å². The second-order valence-corrected chi connectivity index (χ2v) is 7.73. The maximum atomic E-state index is 12.4. The summed E-state index contributed by atoms with van der Waals surface area (Å²) in [4.78, 5) is 18.9. The number of carbonyl (C=O) groups excluding carboxylic acids is 1. The molecule has 1 aromatic heterocycles. The summed E-state index contributed by atoms with van der Waals surface area (Å²) in [6, 6.07) is 14.6. The van der Waals surface area contributed by atoms with Crippen LogP contribution in [0.15, 0.2) is 47.0 Å². The highest BCUT2D eigenvalue weighted by molar-refractivity contribution is 5.79. The number of rotatable bonds is 5. The maximum Gasteiger partial charge on any atom is 0.257 e. The summed E-state index contributed by atoms with van der Waals surface area (Å²) in [7, 11) is 0. The van der Waals surface area contributed by atoms with Gasteiger partial charge in [-0.15, -0.1) is 0 Å². The van der Waals surface area contributed by atoms with Gasteiger partial charge in [-0.25, -0.2) is 0 Å². The molecule has 1 atom stereocenters. The van der Waals surface area contributed by atoms with Crippen LogP contribution in [-0.4, -0.2) is 34.0 Å². The van der Waals surface area contributed by atoms with E-state index in [1.54, 1.807) is 0 Å². The number of hydrogen-bond acceptors (Lipinski definition) is 4. The third-order valence-electron chi connectivity index (χ3n) is 5.57. The molecule has 4 rings (SSSR count). The highest BCUT2D eigenvalue weighted by atomic mass is 16.5. The minimum Gasteiger partial charge on any atom is -0.342 e. The Bertz CT molecular complexity index is 991. The van der Waals surface area contributed by atoms with Crippen molar-refractivity contribution in [2.45, 2.75) is 39.5 Å². The van der Waals surface area contributed by atoms with Gasteiger partial charge in [0.15, 0.2) is 5.82 Å². The standard InChI is InChI=1S/C23H25N3O2/c1-15-4-7-18(8-5-15)10-11-26-14-20(13-21(26)27)22-24-23(28-25-22)19-9-6-16(2)17(3)12-19/h4-9,12,20H,10-11,13-14H2,1-3H3. The summed E-state index contributed by atoms with van der Waals surface area (Å²) in [5, 5.41) is 4.16. The lowest BCUT2D eigenvalue weighted by molar-refractivity contribution is -0.127. The molecular formula is C23H25N3O2. The zero-order valence-electron chi connectivity index (χ0n) is 16.6. The van der Waals surface area contributed by atoms with Crippen LogP contribution in [0.5, 0.6) is 0 Å². The molecule has 2 aromatic carbocycles. The van der Waals surface area contributed by atoms with Gasteiger partial charge in [0.2, 0.25) is 5.91 Å². The van der Waals surface area contributed by atoms with E-state index in [2.05, 4.69) is 67.3 Å². The van der Waals surface area contributed by atoms with Gasteiger partial charge in [-0.1, -0.05) is 41.1 Å². The van der Waals surface area contributed by atoms with Crippen LogP contribution in [0, 0.1) is 20.8 Å². The molecule has 1 fully saturated rings. The SMILES string of the molecule is Cc1ccc(CCN2CC(c3noc(-c4ccc(C)c(C)c4)n3)CC2=O)cc1. The molecule has 3 aromatic rings. The minimum atomic E-state index is -0.00503. The number of hydrogen-bond donors (Lipinski definition) is 0. The van der Waals surface area contributed by atoms with E-state index in [9.17, 15) is 4.79 Å². The van der Waals surface area contributed by atoms with Crippen LogP contribution in [0.1, 0.15) is 40.4 Å². The fourth-order valence-electron chi connectivity index (χ4n) is 3.57. The number of aromatic nitrogens is 2. The van der Waals surface area contributed by atoms with Crippen LogP contribution in [-0.2, 0) is 11.2 Å². The molecule has 28 heavy (non-hydrogen) atoms. The second kappa shape index (κ2) is 7.58. The molecule has 1 saturated heterocycles. The smallest absolute Gasteiger partial charge is 0.257 e. The van der Waals surface area contributed by atoms with E-state index in [-0.39, 0.29) is 11.8 Å². The summed E-state index contributed by atoms with van der Waals surface area (Å²) >= 11 is 0. The average Bonchev–Trinajstić information content (AvgIpc) is 3.31. The van der Waals surface area contributed by atoms with Crippen LogP contribution >= 0.6 is 0 Å². The first-order valence-corrected chi connectivity index (χ1v) is 9.74. The molecule has 1 unspecified atom stereocenters. The zero-order valence-corrected chi connectivity index (χ0v) is 16.6. The Balaban J connectivity index is 1.41. The number of aryl methyl sites for hydroxylation is 3. The van der Waals surface area contributed by atoms with Crippen molar-refractivity contribution in [1.82, 2.24) is 15.0 Å². The van der Waals surface area contributed by atoms with E-state index in [1.165, 1.54) is 22.3 Å². The van der Waals surface area contributed by atoms with Crippen molar-refractivity contribution in [2.24, 2.45) is 0 Å². The molecule has 1 aliphatic heterocycles. The predicted molar refractivity (Wildman–Crippen MR) is 108 cm³/mol. The normalized spacial score (nSPS) is 16.8. The Morgan fingerprint density at radius 1 is 1.07 bits per heavy atom. The number of benzene rings is 2. The third-order valence-corrected chi connectivity index (χ3v) is 5.57. The van der Waals surface area contributed by atoms with Gasteiger partial charge in [0.1, 0.15) is 0 Å². The second-order valence-electron chi connectivity index (χ2n) is 7.73. The molecule has 0 bridgehead atoms. The fraction of sp³-hybridized carbons (Fsp3) is 0.348. The molecule has 0 radical (unpaired) electrons. The van der Waals surface area contributed by atoms with Crippen molar-refractivity contribution in [3.8, 4) is 11.5 Å². The summed E-state index contributed by atoms with van der Waals surface area (Å²) in [6.45, 7) is 7.59. The van der Waals surface area contributed by atoms with Crippen molar-refractivity contribution in [3.63, 3.8) is 0 Å². The van der Waals surface area contributed by atoms with Crippen molar-refractivity contribution in [3.05, 3.63) is 70.5 Å². The molecule has 0 N–H and O–H groups in total. The van der Waals surface area contributed by atoms with Gasteiger partial charge in [0.25, 0.3) is 5.89 Å². The lowest BCUT2D eigenvalue weighted by atomic mass is 10.1. The van der Waals surface area contributed by atoms with Crippen molar-refractivity contribution >= 4 is 5.91 Å². The minimum absolute atomic E-state index is 0.00503. The zero-order chi connectivity index (χ0) is 19.7. The summed E-state index contributed by atoms with van der Waals surface area (Å²) in [5.41, 5.74) is 5.84. The molecule has 1 amide bonds. The van der Waals surface area contributed by atoms with Crippen LogP contribution in [0.3, 0.4) is 0 Å². The Hall–Kier alpha value is -2.95. The lowest BCUT2D eigenvalue weighted by Gasteiger charge is -2.16. The molecule has 5 nitrogen and oxygen atoms in total. The van der Waals surface area contributed by atoms with Crippen molar-refractivity contribution in [1.29, 1.82) is 0 Å². The topological polar surface area (TPSA) is 59.2 Å². The molecule has 0 aliphatic carbocycles. The lowest BCUT2D eigenvalue weighted by Crippen LogP contribution is -2.27. The number of nitrogens with zero attached hydrogens (tertiary/aromatic N) is 3. The van der Waals surface area contributed by atoms with Gasteiger partial charge in [0.05, 0.1) is 0 Å². The predicted octanol–water partition coefficient (Wildman–Crippen LogP) is 4.22. The van der Waals surface area contributed by atoms with Crippen LogP contribution in [0.4, 0.5) is 0 Å². The molecular weight excluding hydrogens is 350 g/mol. The van der Waals surface area contributed by atoms with Crippen LogP contribution in [0.2, 0.25) is 0 Å². The van der Waals surface area contributed by atoms with E-state index in [0.29, 0.717) is 24.7 Å². The Labute approximate surface area is 165 Å². The number of amides is 1. The molecule has 0 spiro atoms. The van der Waals surface area contributed by atoms with E-state index < -0.39 is 0 Å². The van der Waals surface area contributed by atoms with E-state index in [0.717, 1.165) is 18.5 Å². The van der Waals surface area contributed by atoms with Crippen molar-refractivity contribution in [2.75, 3.05) is 13.1 Å². The highest BCUT2D eigenvalue weighted by Gasteiger charge is 2.33. The number of likely N-dealkylation sites (tertiary alicyclic amines) is 1.